The van der Waals surface area contributed by atoms with Crippen LogP contribution in [0.15, 0.2) is 48.8 Å². The molecule has 9 nitrogen and oxygen atoms in total. The Morgan fingerprint density at radius 1 is 1.03 bits per heavy atom. The first-order valence-electron chi connectivity index (χ1n) is 12.2. The van der Waals surface area contributed by atoms with E-state index in [-0.39, 0.29) is 18.5 Å². The van der Waals surface area contributed by atoms with Gasteiger partial charge in [0.05, 0.1) is 30.5 Å². The standard InChI is InChI=1S/C26H31N5O4/c1-2-34-26(33)29-11-9-28(10-12-29)16-20-7-8-24-21(15-20)17-30(13-14-35-24)25(32)18-31-19-27-22-5-3-4-6-23(22)31/h3-8,15,19H,2,9-14,16-18H2,1H3. The lowest BCUT2D eigenvalue weighted by atomic mass is 10.1. The molecule has 184 valence electrons. The number of fused-ring (bicyclic) bond motifs is 2. The highest BCUT2D eigenvalue weighted by molar-refractivity contribution is 5.80. The van der Waals surface area contributed by atoms with Crippen molar-refractivity contribution in [2.75, 3.05) is 45.9 Å². The van der Waals surface area contributed by atoms with Crippen LogP contribution in [0.2, 0.25) is 0 Å². The smallest absolute Gasteiger partial charge is 0.409 e. The van der Waals surface area contributed by atoms with Gasteiger partial charge in [-0.2, -0.15) is 0 Å². The SMILES string of the molecule is CCOC(=O)N1CCN(Cc2ccc3c(c2)CN(C(=O)Cn2cnc4ccccc42)CCO3)CC1. The molecule has 0 atom stereocenters. The second-order valence-electron chi connectivity index (χ2n) is 8.93. The van der Waals surface area contributed by atoms with E-state index >= 15 is 0 Å². The molecule has 0 bridgehead atoms. The van der Waals surface area contributed by atoms with Crippen molar-refractivity contribution >= 4 is 23.0 Å². The second-order valence-corrected chi connectivity index (χ2v) is 8.93. The monoisotopic (exact) mass is 477 g/mol. The van der Waals surface area contributed by atoms with Crippen molar-refractivity contribution in [1.29, 1.82) is 0 Å². The number of carbonyl (C=O) groups is 2. The van der Waals surface area contributed by atoms with Crippen LogP contribution in [-0.4, -0.2) is 82.2 Å². The lowest BCUT2D eigenvalue weighted by Crippen LogP contribution is -2.48. The van der Waals surface area contributed by atoms with E-state index in [1.807, 2.05) is 46.7 Å². The number of hydrogen-bond donors (Lipinski definition) is 0. The van der Waals surface area contributed by atoms with Crippen LogP contribution in [0.5, 0.6) is 5.75 Å². The van der Waals surface area contributed by atoms with Gasteiger partial charge in [0.25, 0.3) is 0 Å². The van der Waals surface area contributed by atoms with Gasteiger partial charge >= 0.3 is 6.09 Å². The zero-order valence-electron chi connectivity index (χ0n) is 20.1. The number of para-hydroxylation sites is 2. The average Bonchev–Trinajstić information content (AvgIpc) is 3.15. The molecule has 0 saturated carbocycles. The number of benzene rings is 2. The highest BCUT2D eigenvalue weighted by atomic mass is 16.6. The molecule has 1 saturated heterocycles. The third-order valence-corrected chi connectivity index (χ3v) is 6.60. The third-order valence-electron chi connectivity index (χ3n) is 6.60. The van der Waals surface area contributed by atoms with Gasteiger partial charge in [-0.3, -0.25) is 9.69 Å². The Balaban J connectivity index is 1.22. The predicted molar refractivity (Wildman–Crippen MR) is 131 cm³/mol. The van der Waals surface area contributed by atoms with Crippen molar-refractivity contribution in [2.45, 2.75) is 26.6 Å². The molecule has 0 N–H and O–H groups in total. The Kier molecular flexibility index (Phi) is 6.85. The number of amides is 2. The zero-order chi connectivity index (χ0) is 24.2. The molecule has 0 spiro atoms. The van der Waals surface area contributed by atoms with Crippen molar-refractivity contribution in [2.24, 2.45) is 0 Å². The van der Waals surface area contributed by atoms with Crippen molar-refractivity contribution in [3.63, 3.8) is 0 Å². The summed E-state index contributed by atoms with van der Waals surface area (Å²) in [6.45, 7) is 7.73. The maximum Gasteiger partial charge on any atom is 0.409 e. The Morgan fingerprint density at radius 2 is 1.86 bits per heavy atom. The van der Waals surface area contributed by atoms with Gasteiger partial charge in [0.1, 0.15) is 18.9 Å². The number of imidazole rings is 1. The van der Waals surface area contributed by atoms with Gasteiger partial charge < -0.3 is 23.8 Å². The minimum Gasteiger partial charge on any atom is -0.491 e. The maximum atomic E-state index is 13.2. The number of rotatable bonds is 5. The first-order valence-corrected chi connectivity index (χ1v) is 12.2. The molecule has 35 heavy (non-hydrogen) atoms. The molecule has 0 aliphatic carbocycles. The lowest BCUT2D eigenvalue weighted by molar-refractivity contribution is -0.132. The summed E-state index contributed by atoms with van der Waals surface area (Å²) in [4.78, 5) is 35.5. The first-order chi connectivity index (χ1) is 17.1. The Bertz CT molecular complexity index is 1200. The molecule has 1 aromatic heterocycles. The molecule has 3 aromatic rings. The van der Waals surface area contributed by atoms with Crippen LogP contribution in [0, 0.1) is 0 Å². The average molecular weight is 478 g/mol. The van der Waals surface area contributed by atoms with E-state index in [4.69, 9.17) is 9.47 Å². The summed E-state index contributed by atoms with van der Waals surface area (Å²) in [6, 6.07) is 14.1. The van der Waals surface area contributed by atoms with E-state index in [9.17, 15) is 9.59 Å². The van der Waals surface area contributed by atoms with Gasteiger partial charge in [-0.15, -0.1) is 0 Å². The molecule has 2 aromatic carbocycles. The topological polar surface area (TPSA) is 80.1 Å². The Morgan fingerprint density at radius 3 is 2.69 bits per heavy atom. The van der Waals surface area contributed by atoms with Gasteiger partial charge in [0.2, 0.25) is 5.91 Å². The minimum atomic E-state index is -0.234. The summed E-state index contributed by atoms with van der Waals surface area (Å²) in [7, 11) is 0. The summed E-state index contributed by atoms with van der Waals surface area (Å²) in [5.41, 5.74) is 4.04. The number of piperazine rings is 1. The molecular formula is C26H31N5O4. The number of aromatic nitrogens is 2. The van der Waals surface area contributed by atoms with Crippen LogP contribution in [0.1, 0.15) is 18.1 Å². The molecule has 1 fully saturated rings. The molecule has 3 heterocycles. The van der Waals surface area contributed by atoms with Gasteiger partial charge in [0.15, 0.2) is 0 Å². The van der Waals surface area contributed by atoms with Crippen LogP contribution >= 0.6 is 0 Å². The summed E-state index contributed by atoms with van der Waals surface area (Å²) in [6.07, 6.45) is 1.49. The number of hydrogen-bond acceptors (Lipinski definition) is 6. The van der Waals surface area contributed by atoms with Gasteiger partial charge in [0, 0.05) is 44.8 Å². The predicted octanol–water partition coefficient (Wildman–Crippen LogP) is 2.73. The van der Waals surface area contributed by atoms with Gasteiger partial charge in [-0.25, -0.2) is 9.78 Å². The molecule has 9 heteroatoms. The summed E-state index contributed by atoms with van der Waals surface area (Å²) in [5.74, 6) is 0.884. The number of carbonyl (C=O) groups excluding carboxylic acids is 2. The normalized spacial score (nSPS) is 16.5. The summed E-state index contributed by atoms with van der Waals surface area (Å²) in [5, 5.41) is 0. The first kappa shape index (κ1) is 23.2. The zero-order valence-corrected chi connectivity index (χ0v) is 20.1. The van der Waals surface area contributed by atoms with Crippen LogP contribution in [0.4, 0.5) is 4.79 Å². The summed E-state index contributed by atoms with van der Waals surface area (Å²) < 4.78 is 13.0. The van der Waals surface area contributed by atoms with Gasteiger partial charge in [-0.1, -0.05) is 18.2 Å². The molecule has 2 aliphatic rings. The van der Waals surface area contributed by atoms with E-state index in [1.165, 1.54) is 5.56 Å². The second kappa shape index (κ2) is 10.4. The Labute approximate surface area is 204 Å². The van der Waals surface area contributed by atoms with Crippen LogP contribution < -0.4 is 4.74 Å². The Hall–Kier alpha value is -3.59. The maximum absolute atomic E-state index is 13.2. The molecule has 0 radical (unpaired) electrons. The largest absolute Gasteiger partial charge is 0.491 e. The molecule has 2 aliphatic heterocycles. The van der Waals surface area contributed by atoms with E-state index in [0.717, 1.165) is 42.0 Å². The van der Waals surface area contributed by atoms with E-state index < -0.39 is 0 Å². The van der Waals surface area contributed by atoms with Crippen LogP contribution in [0.25, 0.3) is 11.0 Å². The van der Waals surface area contributed by atoms with E-state index in [0.29, 0.717) is 39.4 Å². The highest BCUT2D eigenvalue weighted by Crippen LogP contribution is 2.26. The van der Waals surface area contributed by atoms with Crippen molar-refractivity contribution in [3.05, 3.63) is 59.9 Å². The van der Waals surface area contributed by atoms with Gasteiger partial charge in [-0.05, 0) is 36.8 Å². The summed E-state index contributed by atoms with van der Waals surface area (Å²) >= 11 is 0. The minimum absolute atomic E-state index is 0.0464. The third kappa shape index (κ3) is 5.24. The molecule has 5 rings (SSSR count). The lowest BCUT2D eigenvalue weighted by Gasteiger charge is -2.34. The van der Waals surface area contributed by atoms with E-state index in [2.05, 4.69) is 22.0 Å². The van der Waals surface area contributed by atoms with Crippen molar-refractivity contribution in [1.82, 2.24) is 24.3 Å². The van der Waals surface area contributed by atoms with Crippen LogP contribution in [-0.2, 0) is 29.2 Å². The fourth-order valence-corrected chi connectivity index (χ4v) is 4.70. The number of ether oxygens (including phenoxy) is 2. The molecule has 0 unspecified atom stereocenters. The quantitative estimate of drug-likeness (QED) is 0.562. The highest BCUT2D eigenvalue weighted by Gasteiger charge is 2.24. The van der Waals surface area contributed by atoms with Crippen LogP contribution in [0.3, 0.4) is 0 Å². The molecular weight excluding hydrogens is 446 g/mol. The number of nitrogens with zero attached hydrogens (tertiary/aromatic N) is 5. The van der Waals surface area contributed by atoms with Crippen molar-refractivity contribution in [3.8, 4) is 5.75 Å². The fraction of sp³-hybridized carbons (Fsp3) is 0.423. The van der Waals surface area contributed by atoms with Crippen molar-refractivity contribution < 1.29 is 19.1 Å². The van der Waals surface area contributed by atoms with E-state index in [1.54, 1.807) is 11.2 Å². The molecule has 2 amide bonds. The fourth-order valence-electron chi connectivity index (χ4n) is 4.70.